The van der Waals surface area contributed by atoms with Crippen LogP contribution >= 0.6 is 0 Å². The molecule has 5 nitrogen and oxygen atoms in total. The normalized spacial score (nSPS) is 22.5. The minimum absolute atomic E-state index is 0.00617. The van der Waals surface area contributed by atoms with Crippen molar-refractivity contribution < 1.29 is 9.21 Å². The van der Waals surface area contributed by atoms with Crippen LogP contribution in [0.4, 0.5) is 0 Å². The Morgan fingerprint density at radius 2 is 2.27 bits per heavy atom. The van der Waals surface area contributed by atoms with Gasteiger partial charge in [-0.25, -0.2) is 0 Å². The summed E-state index contributed by atoms with van der Waals surface area (Å²) in [6.45, 7) is 6.46. The minimum atomic E-state index is -1.65. The highest BCUT2D eigenvalue weighted by Gasteiger charge is 2.42. The summed E-state index contributed by atoms with van der Waals surface area (Å²) in [7, 11) is -1.65. The lowest BCUT2D eigenvalue weighted by atomic mass is 10.2. The Hall–Kier alpha value is -1.17. The molecular formula is C9H15N3O2Si. The molecule has 1 saturated heterocycles. The first kappa shape index (κ1) is 10.3. The van der Waals surface area contributed by atoms with Gasteiger partial charge >= 0.3 is 0 Å². The molecular weight excluding hydrogens is 210 g/mol. The third kappa shape index (κ3) is 1.81. The molecule has 1 aliphatic rings. The Morgan fingerprint density at radius 1 is 1.53 bits per heavy atom. The van der Waals surface area contributed by atoms with Crippen LogP contribution in [0.15, 0.2) is 10.8 Å². The van der Waals surface area contributed by atoms with Crippen LogP contribution in [0.3, 0.4) is 0 Å². The van der Waals surface area contributed by atoms with E-state index in [0.717, 1.165) is 6.42 Å². The zero-order chi connectivity index (χ0) is 11.1. The SMILES string of the molecule is C[Si](C)(C)N1C(=O)CCC1c1nnco1. The van der Waals surface area contributed by atoms with Gasteiger partial charge in [-0.05, 0) is 6.42 Å². The topological polar surface area (TPSA) is 59.2 Å². The van der Waals surface area contributed by atoms with Gasteiger partial charge in [-0.1, -0.05) is 19.6 Å². The molecule has 15 heavy (non-hydrogen) atoms. The molecule has 0 spiro atoms. The van der Waals surface area contributed by atoms with Gasteiger partial charge in [0.15, 0.2) is 8.24 Å². The molecule has 1 aromatic heterocycles. The van der Waals surface area contributed by atoms with Crippen LogP contribution in [0, 0.1) is 0 Å². The Bertz CT molecular complexity index is 358. The van der Waals surface area contributed by atoms with Crippen LogP contribution in [0.1, 0.15) is 24.8 Å². The number of hydrogen-bond donors (Lipinski definition) is 0. The van der Waals surface area contributed by atoms with Gasteiger partial charge in [0, 0.05) is 6.42 Å². The van der Waals surface area contributed by atoms with E-state index in [0.29, 0.717) is 12.3 Å². The van der Waals surface area contributed by atoms with Crippen LogP contribution < -0.4 is 0 Å². The summed E-state index contributed by atoms with van der Waals surface area (Å²) in [5.74, 6) is 0.792. The molecule has 1 unspecified atom stereocenters. The molecule has 1 amide bonds. The first-order valence-electron chi connectivity index (χ1n) is 5.08. The van der Waals surface area contributed by atoms with Crippen LogP contribution in [0.5, 0.6) is 0 Å². The fourth-order valence-corrected chi connectivity index (χ4v) is 4.12. The molecule has 0 N–H and O–H groups in total. The van der Waals surface area contributed by atoms with Crippen molar-refractivity contribution in [2.24, 2.45) is 0 Å². The molecule has 0 bridgehead atoms. The Labute approximate surface area is 89.6 Å². The lowest BCUT2D eigenvalue weighted by Gasteiger charge is -2.34. The van der Waals surface area contributed by atoms with E-state index in [1.807, 2.05) is 4.57 Å². The van der Waals surface area contributed by atoms with Gasteiger partial charge < -0.3 is 8.98 Å². The molecule has 2 rings (SSSR count). The van der Waals surface area contributed by atoms with Crippen molar-refractivity contribution in [2.45, 2.75) is 38.5 Å². The highest BCUT2D eigenvalue weighted by molar-refractivity contribution is 6.75. The molecule has 6 heteroatoms. The molecule has 1 aliphatic heterocycles. The third-order valence-electron chi connectivity index (χ3n) is 2.60. The van der Waals surface area contributed by atoms with Crippen molar-refractivity contribution in [3.05, 3.63) is 12.3 Å². The number of carbonyl (C=O) groups is 1. The quantitative estimate of drug-likeness (QED) is 0.717. The number of amides is 1. The maximum Gasteiger partial charge on any atom is 0.237 e. The van der Waals surface area contributed by atoms with Crippen LogP contribution in [0.2, 0.25) is 19.6 Å². The van der Waals surface area contributed by atoms with Gasteiger partial charge in [-0.2, -0.15) is 0 Å². The molecule has 1 fully saturated rings. The fraction of sp³-hybridized carbons (Fsp3) is 0.667. The number of hydrogen-bond acceptors (Lipinski definition) is 4. The Morgan fingerprint density at radius 3 is 2.80 bits per heavy atom. The van der Waals surface area contributed by atoms with Crippen molar-refractivity contribution in [1.82, 2.24) is 14.8 Å². The van der Waals surface area contributed by atoms with E-state index in [9.17, 15) is 4.79 Å². The first-order chi connectivity index (χ1) is 7.00. The summed E-state index contributed by atoms with van der Waals surface area (Å²) < 4.78 is 7.17. The number of rotatable bonds is 2. The summed E-state index contributed by atoms with van der Waals surface area (Å²) in [6, 6.07) is 0.00617. The van der Waals surface area contributed by atoms with Crippen LogP contribution in [-0.4, -0.2) is 28.9 Å². The second-order valence-corrected chi connectivity index (χ2v) is 9.59. The van der Waals surface area contributed by atoms with E-state index < -0.39 is 8.24 Å². The molecule has 0 aromatic carbocycles. The summed E-state index contributed by atoms with van der Waals surface area (Å²) in [5.41, 5.74) is 0. The first-order valence-corrected chi connectivity index (χ1v) is 8.53. The minimum Gasteiger partial charge on any atom is -0.426 e. The second-order valence-electron chi connectivity index (χ2n) is 4.77. The average molecular weight is 225 g/mol. The Balaban J connectivity index is 2.30. The summed E-state index contributed by atoms with van der Waals surface area (Å²) in [4.78, 5) is 11.8. The predicted molar refractivity (Wildman–Crippen MR) is 56.5 cm³/mol. The highest BCUT2D eigenvalue weighted by Crippen LogP contribution is 2.35. The van der Waals surface area contributed by atoms with Gasteiger partial charge in [0.2, 0.25) is 18.2 Å². The molecule has 0 aliphatic carbocycles. The van der Waals surface area contributed by atoms with E-state index in [-0.39, 0.29) is 11.9 Å². The molecule has 82 valence electrons. The highest BCUT2D eigenvalue weighted by atomic mass is 28.3. The van der Waals surface area contributed by atoms with Gasteiger partial charge in [0.25, 0.3) is 0 Å². The zero-order valence-corrected chi connectivity index (χ0v) is 10.2. The van der Waals surface area contributed by atoms with E-state index in [1.165, 1.54) is 6.39 Å². The van der Waals surface area contributed by atoms with Crippen molar-refractivity contribution in [1.29, 1.82) is 0 Å². The molecule has 1 atom stereocenters. The number of carbonyl (C=O) groups excluding carboxylic acids is 1. The van der Waals surface area contributed by atoms with Crippen molar-refractivity contribution in [3.63, 3.8) is 0 Å². The maximum atomic E-state index is 11.8. The van der Waals surface area contributed by atoms with Crippen molar-refractivity contribution in [3.8, 4) is 0 Å². The smallest absolute Gasteiger partial charge is 0.237 e. The molecule has 0 radical (unpaired) electrons. The zero-order valence-electron chi connectivity index (χ0n) is 9.23. The van der Waals surface area contributed by atoms with Crippen molar-refractivity contribution >= 4 is 14.1 Å². The average Bonchev–Trinajstić information content (AvgIpc) is 2.68. The number of aromatic nitrogens is 2. The van der Waals surface area contributed by atoms with E-state index in [4.69, 9.17) is 4.42 Å². The second kappa shape index (κ2) is 3.44. The largest absolute Gasteiger partial charge is 0.426 e. The van der Waals surface area contributed by atoms with Crippen LogP contribution in [0.25, 0.3) is 0 Å². The van der Waals surface area contributed by atoms with Gasteiger partial charge in [-0.3, -0.25) is 4.79 Å². The lowest BCUT2D eigenvalue weighted by Crippen LogP contribution is -2.47. The van der Waals surface area contributed by atoms with E-state index in [2.05, 4.69) is 29.8 Å². The van der Waals surface area contributed by atoms with Gasteiger partial charge in [0.1, 0.15) is 6.04 Å². The summed E-state index contributed by atoms with van der Waals surface area (Å²) in [5, 5.41) is 7.58. The number of nitrogens with zero attached hydrogens (tertiary/aromatic N) is 3. The van der Waals surface area contributed by atoms with Crippen molar-refractivity contribution in [2.75, 3.05) is 0 Å². The third-order valence-corrected chi connectivity index (χ3v) is 4.60. The van der Waals surface area contributed by atoms with Gasteiger partial charge in [-0.15, -0.1) is 10.2 Å². The van der Waals surface area contributed by atoms with E-state index >= 15 is 0 Å². The standard InChI is InChI=1S/C9H15N3O2Si/c1-15(2,3)12-7(4-5-8(12)13)9-11-10-6-14-9/h6-7H,4-5H2,1-3H3. The lowest BCUT2D eigenvalue weighted by molar-refractivity contribution is -0.125. The summed E-state index contributed by atoms with van der Waals surface area (Å²) >= 11 is 0. The Kier molecular flexibility index (Phi) is 2.38. The van der Waals surface area contributed by atoms with Gasteiger partial charge in [0.05, 0.1) is 0 Å². The summed E-state index contributed by atoms with van der Waals surface area (Å²) in [6.07, 6.45) is 2.71. The molecule has 0 saturated carbocycles. The molecule has 1 aromatic rings. The van der Waals surface area contributed by atoms with E-state index in [1.54, 1.807) is 0 Å². The fourth-order valence-electron chi connectivity index (χ4n) is 2.09. The maximum absolute atomic E-state index is 11.8. The molecule has 2 heterocycles. The monoisotopic (exact) mass is 225 g/mol. The predicted octanol–water partition coefficient (Wildman–Crippen LogP) is 1.57. The van der Waals surface area contributed by atoms with Crippen LogP contribution in [-0.2, 0) is 4.79 Å².